The molecule has 0 N–H and O–H groups in total. The molecule has 3 aliphatic carbocycles. The van der Waals surface area contributed by atoms with Gasteiger partial charge in [-0.05, 0) is 54.5 Å². The van der Waals surface area contributed by atoms with Crippen molar-refractivity contribution in [2.45, 2.75) is 38.3 Å². The van der Waals surface area contributed by atoms with Crippen molar-refractivity contribution in [3.05, 3.63) is 59.8 Å². The summed E-state index contributed by atoms with van der Waals surface area (Å²) in [5, 5.41) is 20.4. The number of nitrogens with zero attached hydrogens (tertiary/aromatic N) is 6. The summed E-state index contributed by atoms with van der Waals surface area (Å²) in [6.45, 7) is 0.762. The van der Waals surface area contributed by atoms with Crippen LogP contribution in [-0.2, 0) is 11.3 Å². The Hall–Kier alpha value is -3.60. The predicted molar refractivity (Wildman–Crippen MR) is 110 cm³/mol. The van der Waals surface area contributed by atoms with E-state index in [9.17, 15) is 9.18 Å². The highest BCUT2D eigenvalue weighted by Gasteiger charge is 2.72. The van der Waals surface area contributed by atoms with Crippen LogP contribution in [0.1, 0.15) is 42.9 Å². The highest BCUT2D eigenvalue weighted by atomic mass is 19.1. The summed E-state index contributed by atoms with van der Waals surface area (Å²) in [4.78, 5) is 17.2. The van der Waals surface area contributed by atoms with Gasteiger partial charge in [-0.25, -0.2) is 9.40 Å². The molecule has 1 unspecified atom stereocenters. The Kier molecular flexibility index (Phi) is 3.64. The van der Waals surface area contributed by atoms with Gasteiger partial charge in [0, 0.05) is 30.8 Å². The molecule has 2 aromatic heterocycles. The third-order valence-electron chi connectivity index (χ3n) is 7.00. The Morgan fingerprint density at radius 3 is 2.84 bits per heavy atom. The Labute approximate surface area is 177 Å². The van der Waals surface area contributed by atoms with Gasteiger partial charge in [0.2, 0.25) is 5.91 Å². The number of amides is 1. The van der Waals surface area contributed by atoms with E-state index in [-0.39, 0.29) is 22.8 Å². The highest BCUT2D eigenvalue weighted by molar-refractivity contribution is 5.88. The van der Waals surface area contributed by atoms with E-state index in [0.29, 0.717) is 17.5 Å². The molecule has 0 spiro atoms. The summed E-state index contributed by atoms with van der Waals surface area (Å²) < 4.78 is 15.6. The first-order chi connectivity index (χ1) is 15.0. The van der Waals surface area contributed by atoms with Gasteiger partial charge in [0.15, 0.2) is 0 Å². The standard InChI is InChI=1S/C23H19FN6O/c24-18-6-17(8-26-10-18)20-3-4-27-30(20)21(31)23-11-22(12-23,13-23)14-29-19-2-1-15(7-25)5-16(19)9-28-29/h1-2,4-6,8-10,20H,3,11-14H2. The van der Waals surface area contributed by atoms with Crippen molar-refractivity contribution in [1.82, 2.24) is 19.8 Å². The molecular weight excluding hydrogens is 395 g/mol. The van der Waals surface area contributed by atoms with Crippen molar-refractivity contribution in [1.29, 1.82) is 5.26 Å². The number of aromatic nitrogens is 3. The molecule has 3 fully saturated rings. The third-order valence-corrected chi connectivity index (χ3v) is 7.00. The lowest BCUT2D eigenvalue weighted by Gasteiger charge is -2.69. The van der Waals surface area contributed by atoms with Gasteiger partial charge >= 0.3 is 0 Å². The minimum atomic E-state index is -0.408. The molecule has 1 aliphatic heterocycles. The number of nitriles is 1. The normalized spacial score (nSPS) is 28.3. The van der Waals surface area contributed by atoms with Crippen LogP contribution in [0, 0.1) is 28.0 Å². The van der Waals surface area contributed by atoms with Crippen molar-refractivity contribution in [3.63, 3.8) is 0 Å². The molecule has 0 radical (unpaired) electrons. The average molecular weight is 414 g/mol. The van der Waals surface area contributed by atoms with E-state index in [1.54, 1.807) is 24.7 Å². The van der Waals surface area contributed by atoms with E-state index in [4.69, 9.17) is 5.26 Å². The smallest absolute Gasteiger partial charge is 0.249 e. The number of hydrogen-bond acceptors (Lipinski definition) is 5. The Morgan fingerprint density at radius 1 is 1.23 bits per heavy atom. The maximum atomic E-state index is 13.6. The number of benzene rings is 1. The van der Waals surface area contributed by atoms with Gasteiger partial charge in [-0.2, -0.15) is 15.5 Å². The molecule has 154 valence electrons. The number of carbonyl (C=O) groups is 1. The van der Waals surface area contributed by atoms with Crippen molar-refractivity contribution < 1.29 is 9.18 Å². The van der Waals surface area contributed by atoms with E-state index >= 15 is 0 Å². The van der Waals surface area contributed by atoms with Crippen LogP contribution >= 0.6 is 0 Å². The zero-order chi connectivity index (χ0) is 21.2. The lowest BCUT2D eigenvalue weighted by Crippen LogP contribution is -2.68. The van der Waals surface area contributed by atoms with E-state index in [1.165, 1.54) is 11.1 Å². The first-order valence-corrected chi connectivity index (χ1v) is 10.3. The number of hydrazone groups is 1. The second-order valence-corrected chi connectivity index (χ2v) is 9.13. The number of rotatable bonds is 4. The molecule has 31 heavy (non-hydrogen) atoms. The Balaban J connectivity index is 1.17. The summed E-state index contributed by atoms with van der Waals surface area (Å²) >= 11 is 0. The number of hydrogen-bond donors (Lipinski definition) is 0. The van der Waals surface area contributed by atoms with Crippen molar-refractivity contribution in [2.75, 3.05) is 0 Å². The van der Waals surface area contributed by atoms with Gasteiger partial charge in [-0.15, -0.1) is 0 Å². The van der Waals surface area contributed by atoms with Crippen LogP contribution in [0.4, 0.5) is 4.39 Å². The molecule has 1 aromatic carbocycles. The Morgan fingerprint density at radius 2 is 2.06 bits per heavy atom. The zero-order valence-electron chi connectivity index (χ0n) is 16.7. The molecule has 7 nitrogen and oxygen atoms in total. The molecule has 4 aliphatic rings. The largest absolute Gasteiger partial charge is 0.272 e. The van der Waals surface area contributed by atoms with Crippen LogP contribution in [-0.4, -0.2) is 31.9 Å². The van der Waals surface area contributed by atoms with Crippen LogP contribution in [0.5, 0.6) is 0 Å². The molecule has 3 heterocycles. The fraction of sp³-hybridized carbons (Fsp3) is 0.348. The van der Waals surface area contributed by atoms with E-state index in [0.717, 1.165) is 42.9 Å². The fourth-order valence-corrected chi connectivity index (χ4v) is 5.73. The molecule has 7 rings (SSSR count). The summed E-state index contributed by atoms with van der Waals surface area (Å²) in [6.07, 6.45) is 9.30. The molecule has 0 saturated heterocycles. The van der Waals surface area contributed by atoms with Crippen LogP contribution in [0.25, 0.3) is 10.9 Å². The summed E-state index contributed by atoms with van der Waals surface area (Å²) in [6, 6.07) is 8.88. The minimum Gasteiger partial charge on any atom is -0.272 e. The zero-order valence-corrected chi connectivity index (χ0v) is 16.7. The number of fused-ring (bicyclic) bond motifs is 1. The lowest BCUT2D eigenvalue weighted by atomic mass is 9.34. The first kappa shape index (κ1) is 18.2. The maximum absolute atomic E-state index is 13.6. The van der Waals surface area contributed by atoms with Gasteiger partial charge < -0.3 is 0 Å². The molecule has 1 amide bonds. The molecule has 3 saturated carbocycles. The molecule has 8 heteroatoms. The number of halogens is 1. The first-order valence-electron chi connectivity index (χ1n) is 10.3. The van der Waals surface area contributed by atoms with Crippen LogP contribution in [0.15, 0.2) is 48.0 Å². The number of carbonyl (C=O) groups excluding carboxylic acids is 1. The van der Waals surface area contributed by atoms with E-state index in [1.807, 2.05) is 16.8 Å². The topological polar surface area (TPSA) is 87.2 Å². The molecule has 2 bridgehead atoms. The van der Waals surface area contributed by atoms with E-state index < -0.39 is 5.82 Å². The van der Waals surface area contributed by atoms with Gasteiger partial charge in [0.1, 0.15) is 5.82 Å². The van der Waals surface area contributed by atoms with Gasteiger partial charge in [-0.3, -0.25) is 14.5 Å². The highest BCUT2D eigenvalue weighted by Crippen LogP contribution is 2.74. The quantitative estimate of drug-likeness (QED) is 0.653. The maximum Gasteiger partial charge on any atom is 0.249 e. The minimum absolute atomic E-state index is 0.0290. The molecule has 3 aromatic rings. The lowest BCUT2D eigenvalue weighted by molar-refractivity contribution is -0.223. The second kappa shape index (κ2) is 6.20. The SMILES string of the molecule is N#Cc1ccc2c(cnn2CC23CC(C(=O)N4N=CCC4c4cncc(F)c4)(C2)C3)c1. The molecular formula is C23H19FN6O. The summed E-state index contributed by atoms with van der Waals surface area (Å²) in [7, 11) is 0. The fourth-order valence-electron chi connectivity index (χ4n) is 5.73. The van der Waals surface area contributed by atoms with Crippen LogP contribution < -0.4 is 0 Å². The average Bonchev–Trinajstić information content (AvgIpc) is 3.36. The van der Waals surface area contributed by atoms with Gasteiger partial charge in [0.05, 0.1) is 41.0 Å². The van der Waals surface area contributed by atoms with Crippen LogP contribution in [0.3, 0.4) is 0 Å². The van der Waals surface area contributed by atoms with E-state index in [2.05, 4.69) is 21.3 Å². The monoisotopic (exact) mass is 414 g/mol. The van der Waals surface area contributed by atoms with Crippen LogP contribution in [0.2, 0.25) is 0 Å². The van der Waals surface area contributed by atoms with Crippen molar-refractivity contribution in [3.8, 4) is 6.07 Å². The predicted octanol–water partition coefficient (Wildman–Crippen LogP) is 3.57. The summed E-state index contributed by atoms with van der Waals surface area (Å²) in [5.74, 6) is -0.379. The van der Waals surface area contributed by atoms with Gasteiger partial charge in [-0.1, -0.05) is 0 Å². The van der Waals surface area contributed by atoms with Crippen molar-refractivity contribution >= 4 is 23.0 Å². The van der Waals surface area contributed by atoms with Gasteiger partial charge in [0.25, 0.3) is 0 Å². The Bertz CT molecular complexity index is 1290. The number of pyridine rings is 1. The molecule has 1 atom stereocenters. The second-order valence-electron chi connectivity index (χ2n) is 9.13. The summed E-state index contributed by atoms with van der Waals surface area (Å²) in [5.41, 5.74) is 2.02. The van der Waals surface area contributed by atoms with Crippen molar-refractivity contribution in [2.24, 2.45) is 15.9 Å². The third kappa shape index (κ3) is 2.62.